The molecule has 1 rings (SSSR count). The molecule has 19 heavy (non-hydrogen) atoms. The molecule has 0 heterocycles. The largest absolute Gasteiger partial charge is 0.464 e. The third kappa shape index (κ3) is 3.60. The van der Waals surface area contributed by atoms with Gasteiger partial charge in [-0.05, 0) is 13.8 Å². The van der Waals surface area contributed by atoms with Gasteiger partial charge in [-0.3, -0.25) is 10.1 Å². The molecule has 1 atom stereocenters. The molecule has 1 unspecified atom stereocenters. The zero-order chi connectivity index (χ0) is 14.6. The molecule has 0 aliphatic carbocycles. The first-order valence-electron chi connectivity index (χ1n) is 5.43. The zero-order valence-corrected chi connectivity index (χ0v) is 10.3. The Labute approximate surface area is 107 Å². The van der Waals surface area contributed by atoms with Crippen molar-refractivity contribution in [1.82, 2.24) is 0 Å². The van der Waals surface area contributed by atoms with E-state index in [1.807, 2.05) is 0 Å². The molecule has 0 saturated carbocycles. The van der Waals surface area contributed by atoms with E-state index in [0.29, 0.717) is 6.07 Å². The van der Waals surface area contributed by atoms with E-state index < -0.39 is 39.9 Å². The van der Waals surface area contributed by atoms with Crippen LogP contribution in [0.15, 0.2) is 12.1 Å². The minimum absolute atomic E-state index is 0.129. The van der Waals surface area contributed by atoms with Gasteiger partial charge in [-0.2, -0.15) is 4.39 Å². The lowest BCUT2D eigenvalue weighted by Gasteiger charge is -2.14. The summed E-state index contributed by atoms with van der Waals surface area (Å²) >= 11 is 0. The predicted octanol–water partition coefficient (Wildman–Crippen LogP) is 2.24. The topological polar surface area (TPSA) is 81.5 Å². The maximum Gasteiger partial charge on any atom is 0.328 e. The third-order valence-corrected chi connectivity index (χ3v) is 2.22. The highest BCUT2D eigenvalue weighted by atomic mass is 19.1. The van der Waals surface area contributed by atoms with Crippen molar-refractivity contribution in [2.24, 2.45) is 0 Å². The van der Waals surface area contributed by atoms with E-state index in [2.05, 4.69) is 10.1 Å². The first-order valence-corrected chi connectivity index (χ1v) is 5.43. The molecule has 1 aromatic carbocycles. The fourth-order valence-electron chi connectivity index (χ4n) is 1.42. The van der Waals surface area contributed by atoms with Gasteiger partial charge in [0.1, 0.15) is 17.5 Å². The van der Waals surface area contributed by atoms with Crippen LogP contribution in [0, 0.1) is 21.7 Å². The van der Waals surface area contributed by atoms with Gasteiger partial charge < -0.3 is 10.1 Å². The van der Waals surface area contributed by atoms with Gasteiger partial charge in [0.05, 0.1) is 11.5 Å². The number of nitro groups is 1. The Morgan fingerprint density at radius 3 is 2.68 bits per heavy atom. The molecule has 0 aromatic heterocycles. The van der Waals surface area contributed by atoms with Gasteiger partial charge in [0, 0.05) is 12.1 Å². The highest BCUT2D eigenvalue weighted by molar-refractivity contribution is 5.80. The number of hydrogen-bond acceptors (Lipinski definition) is 5. The number of carbonyl (C=O) groups excluding carboxylic acids is 1. The molecular weight excluding hydrogens is 262 g/mol. The molecule has 0 bridgehead atoms. The van der Waals surface area contributed by atoms with Gasteiger partial charge in [0.2, 0.25) is 5.82 Å². The van der Waals surface area contributed by atoms with Crippen LogP contribution in [-0.2, 0) is 9.53 Å². The standard InChI is InChI=1S/C11H12F2N2O4/c1-3-19-11(16)6(2)14-9-5-7(12)4-8(13)10(9)15(17)18/h4-6,14H,3H2,1-2H3. The Bertz CT molecular complexity index is 508. The van der Waals surface area contributed by atoms with Crippen molar-refractivity contribution in [2.45, 2.75) is 19.9 Å². The number of nitrogens with zero attached hydrogens (tertiary/aromatic N) is 1. The summed E-state index contributed by atoms with van der Waals surface area (Å²) in [4.78, 5) is 21.1. The highest BCUT2D eigenvalue weighted by Gasteiger charge is 2.25. The summed E-state index contributed by atoms with van der Waals surface area (Å²) in [7, 11) is 0. The quantitative estimate of drug-likeness (QED) is 0.506. The van der Waals surface area contributed by atoms with Crippen LogP contribution in [0.4, 0.5) is 20.2 Å². The van der Waals surface area contributed by atoms with Crippen molar-refractivity contribution in [3.63, 3.8) is 0 Å². The average Bonchev–Trinajstić information content (AvgIpc) is 2.27. The minimum atomic E-state index is -1.32. The van der Waals surface area contributed by atoms with Crippen LogP contribution in [0.2, 0.25) is 0 Å². The normalized spacial score (nSPS) is 11.8. The van der Waals surface area contributed by atoms with E-state index in [4.69, 9.17) is 0 Å². The molecule has 1 aromatic rings. The van der Waals surface area contributed by atoms with Crippen LogP contribution < -0.4 is 5.32 Å². The van der Waals surface area contributed by atoms with Crippen LogP contribution in [-0.4, -0.2) is 23.5 Å². The SMILES string of the molecule is CCOC(=O)C(C)Nc1cc(F)cc(F)c1[N+](=O)[O-]. The number of anilines is 1. The van der Waals surface area contributed by atoms with Crippen molar-refractivity contribution in [2.75, 3.05) is 11.9 Å². The summed E-state index contributed by atoms with van der Waals surface area (Å²) in [6.07, 6.45) is 0. The minimum Gasteiger partial charge on any atom is -0.464 e. The number of halogens is 2. The summed E-state index contributed by atoms with van der Waals surface area (Å²) < 4.78 is 31.1. The van der Waals surface area contributed by atoms with E-state index in [0.717, 1.165) is 6.07 Å². The summed E-state index contributed by atoms with van der Waals surface area (Å²) in [5.74, 6) is -2.98. The fraction of sp³-hybridized carbons (Fsp3) is 0.364. The number of nitrogens with one attached hydrogen (secondary N) is 1. The second-order valence-electron chi connectivity index (χ2n) is 3.66. The fourth-order valence-corrected chi connectivity index (χ4v) is 1.42. The van der Waals surface area contributed by atoms with Gasteiger partial charge in [-0.1, -0.05) is 0 Å². The number of rotatable bonds is 5. The van der Waals surface area contributed by atoms with Gasteiger partial charge >= 0.3 is 11.7 Å². The molecular formula is C11H12F2N2O4. The second-order valence-corrected chi connectivity index (χ2v) is 3.66. The average molecular weight is 274 g/mol. The molecule has 0 radical (unpaired) electrons. The van der Waals surface area contributed by atoms with Gasteiger partial charge in [-0.25, -0.2) is 9.18 Å². The molecule has 0 saturated heterocycles. The number of nitro benzene ring substituents is 1. The number of esters is 1. The lowest BCUT2D eigenvalue weighted by atomic mass is 10.2. The lowest BCUT2D eigenvalue weighted by Crippen LogP contribution is -2.28. The Morgan fingerprint density at radius 1 is 1.53 bits per heavy atom. The van der Waals surface area contributed by atoms with Crippen molar-refractivity contribution in [3.05, 3.63) is 33.9 Å². The molecule has 0 fully saturated rings. The third-order valence-electron chi connectivity index (χ3n) is 2.22. The molecule has 0 spiro atoms. The Morgan fingerprint density at radius 2 is 2.16 bits per heavy atom. The number of benzene rings is 1. The van der Waals surface area contributed by atoms with Crippen molar-refractivity contribution < 1.29 is 23.2 Å². The lowest BCUT2D eigenvalue weighted by molar-refractivity contribution is -0.386. The molecule has 0 aliphatic heterocycles. The monoisotopic (exact) mass is 274 g/mol. The number of hydrogen-bond donors (Lipinski definition) is 1. The maximum absolute atomic E-state index is 13.3. The van der Waals surface area contributed by atoms with E-state index in [9.17, 15) is 23.7 Å². The Balaban J connectivity index is 3.06. The first kappa shape index (κ1) is 14.8. The molecule has 1 N–H and O–H groups in total. The van der Waals surface area contributed by atoms with Gasteiger partial charge in [-0.15, -0.1) is 0 Å². The predicted molar refractivity (Wildman–Crippen MR) is 62.7 cm³/mol. The van der Waals surface area contributed by atoms with Gasteiger partial charge in [0.25, 0.3) is 0 Å². The van der Waals surface area contributed by atoms with E-state index in [1.54, 1.807) is 6.92 Å². The van der Waals surface area contributed by atoms with Crippen LogP contribution in [0.25, 0.3) is 0 Å². The van der Waals surface area contributed by atoms with E-state index in [-0.39, 0.29) is 6.61 Å². The maximum atomic E-state index is 13.3. The highest BCUT2D eigenvalue weighted by Crippen LogP contribution is 2.29. The summed E-state index contributed by atoms with van der Waals surface area (Å²) in [5, 5.41) is 13.1. The Kier molecular flexibility index (Phi) is 4.74. The summed E-state index contributed by atoms with van der Waals surface area (Å²) in [6, 6.07) is 0.176. The van der Waals surface area contributed by atoms with E-state index in [1.165, 1.54) is 6.92 Å². The number of ether oxygens (including phenoxy) is 1. The summed E-state index contributed by atoms with van der Waals surface area (Å²) in [5.41, 5.74) is -1.33. The molecule has 8 heteroatoms. The molecule has 6 nitrogen and oxygen atoms in total. The Hall–Kier alpha value is -2.25. The van der Waals surface area contributed by atoms with Crippen LogP contribution in [0.5, 0.6) is 0 Å². The molecule has 0 amide bonds. The number of carbonyl (C=O) groups is 1. The zero-order valence-electron chi connectivity index (χ0n) is 10.3. The summed E-state index contributed by atoms with van der Waals surface area (Å²) in [6.45, 7) is 3.09. The van der Waals surface area contributed by atoms with Crippen molar-refractivity contribution in [3.8, 4) is 0 Å². The van der Waals surface area contributed by atoms with Crippen LogP contribution >= 0.6 is 0 Å². The van der Waals surface area contributed by atoms with E-state index >= 15 is 0 Å². The van der Waals surface area contributed by atoms with Crippen molar-refractivity contribution >= 4 is 17.3 Å². The molecule has 0 aliphatic rings. The van der Waals surface area contributed by atoms with Crippen LogP contribution in [0.1, 0.15) is 13.8 Å². The second kappa shape index (κ2) is 6.07. The molecule has 104 valence electrons. The van der Waals surface area contributed by atoms with Crippen molar-refractivity contribution in [1.29, 1.82) is 0 Å². The van der Waals surface area contributed by atoms with Gasteiger partial charge in [0.15, 0.2) is 0 Å². The van der Waals surface area contributed by atoms with Crippen LogP contribution in [0.3, 0.4) is 0 Å². The first-order chi connectivity index (χ1) is 8.86. The smallest absolute Gasteiger partial charge is 0.328 e.